The van der Waals surface area contributed by atoms with Crippen molar-refractivity contribution in [1.82, 2.24) is 4.31 Å². The van der Waals surface area contributed by atoms with Gasteiger partial charge in [0.2, 0.25) is 10.0 Å². The summed E-state index contributed by atoms with van der Waals surface area (Å²) in [5.41, 5.74) is 5.86. The number of nitrogen functional groups attached to an aromatic ring is 1. The normalized spacial score (nSPS) is 11.9. The summed E-state index contributed by atoms with van der Waals surface area (Å²) in [6.07, 6.45) is 0. The average molecular weight is 274 g/mol. The molecule has 102 valence electrons. The second kappa shape index (κ2) is 6.69. The summed E-state index contributed by atoms with van der Waals surface area (Å²) in [4.78, 5) is 0.0505. The van der Waals surface area contributed by atoms with Gasteiger partial charge in [-0.1, -0.05) is 12.1 Å². The van der Waals surface area contributed by atoms with Crippen LogP contribution in [0.5, 0.6) is 0 Å². The van der Waals surface area contributed by atoms with E-state index < -0.39 is 10.0 Å². The zero-order valence-corrected chi connectivity index (χ0v) is 11.1. The Bertz CT molecular complexity index is 476. The summed E-state index contributed by atoms with van der Waals surface area (Å²) in [7, 11) is -2.21. The van der Waals surface area contributed by atoms with E-state index >= 15 is 0 Å². The van der Waals surface area contributed by atoms with Gasteiger partial charge in [0.05, 0.1) is 18.9 Å². The Morgan fingerprint density at radius 1 is 1.33 bits per heavy atom. The van der Waals surface area contributed by atoms with Crippen molar-refractivity contribution in [3.8, 4) is 0 Å². The number of sulfonamides is 1. The number of hydrogen-bond acceptors (Lipinski definition) is 5. The molecule has 6 nitrogen and oxygen atoms in total. The lowest BCUT2D eigenvalue weighted by molar-refractivity contribution is 0.168. The van der Waals surface area contributed by atoms with Crippen molar-refractivity contribution < 1.29 is 18.3 Å². The van der Waals surface area contributed by atoms with Crippen LogP contribution in [0.3, 0.4) is 0 Å². The van der Waals surface area contributed by atoms with Gasteiger partial charge in [-0.25, -0.2) is 8.42 Å². The Morgan fingerprint density at radius 2 is 2.00 bits per heavy atom. The van der Waals surface area contributed by atoms with Gasteiger partial charge in [0.15, 0.2) is 0 Å². The number of nitrogens with two attached hydrogens (primary N) is 1. The van der Waals surface area contributed by atoms with Crippen LogP contribution in [0, 0.1) is 0 Å². The lowest BCUT2D eigenvalue weighted by atomic mass is 10.3. The number of para-hydroxylation sites is 1. The van der Waals surface area contributed by atoms with Crippen LogP contribution in [0.4, 0.5) is 5.69 Å². The third-order valence-corrected chi connectivity index (χ3v) is 4.40. The zero-order chi connectivity index (χ0) is 13.6. The van der Waals surface area contributed by atoms with E-state index in [2.05, 4.69) is 0 Å². The molecule has 0 saturated heterocycles. The van der Waals surface area contributed by atoms with Gasteiger partial charge in [-0.15, -0.1) is 0 Å². The number of aliphatic hydroxyl groups excluding tert-OH is 1. The molecule has 0 bridgehead atoms. The lowest BCUT2D eigenvalue weighted by Gasteiger charge is -2.21. The first-order chi connectivity index (χ1) is 8.54. The smallest absolute Gasteiger partial charge is 0.245 e. The molecule has 0 aliphatic rings. The Hall–Kier alpha value is -1.15. The van der Waals surface area contributed by atoms with Crippen molar-refractivity contribution in [1.29, 1.82) is 0 Å². The van der Waals surface area contributed by atoms with E-state index in [1.165, 1.54) is 19.2 Å². The Kier molecular flexibility index (Phi) is 5.54. The zero-order valence-electron chi connectivity index (χ0n) is 10.2. The van der Waals surface area contributed by atoms with Crippen LogP contribution < -0.4 is 5.73 Å². The number of aliphatic hydroxyl groups is 1. The number of rotatable bonds is 7. The fourth-order valence-corrected chi connectivity index (χ4v) is 3.04. The Morgan fingerprint density at radius 3 is 2.56 bits per heavy atom. The highest BCUT2D eigenvalue weighted by Gasteiger charge is 2.25. The molecule has 0 aliphatic carbocycles. The topological polar surface area (TPSA) is 92.9 Å². The van der Waals surface area contributed by atoms with Gasteiger partial charge in [0, 0.05) is 20.2 Å². The largest absolute Gasteiger partial charge is 0.398 e. The molecule has 3 N–H and O–H groups in total. The van der Waals surface area contributed by atoms with E-state index in [0.717, 1.165) is 4.31 Å². The molecule has 0 atom stereocenters. The van der Waals surface area contributed by atoms with E-state index in [4.69, 9.17) is 15.6 Å². The number of benzene rings is 1. The molecule has 7 heteroatoms. The van der Waals surface area contributed by atoms with E-state index in [1.54, 1.807) is 12.1 Å². The minimum atomic E-state index is -3.70. The maximum absolute atomic E-state index is 12.3. The van der Waals surface area contributed by atoms with Crippen LogP contribution in [0.1, 0.15) is 0 Å². The van der Waals surface area contributed by atoms with E-state index in [0.29, 0.717) is 0 Å². The van der Waals surface area contributed by atoms with Crippen LogP contribution in [-0.4, -0.2) is 51.2 Å². The molecule has 0 aromatic heterocycles. The standard InChI is InChI=1S/C11H18N2O4S/c1-17-9-7-13(6-8-14)18(15,16)11-5-3-2-4-10(11)12/h2-5,14H,6-9,12H2,1H3. The first-order valence-electron chi connectivity index (χ1n) is 5.48. The molecular weight excluding hydrogens is 256 g/mol. The van der Waals surface area contributed by atoms with Gasteiger partial charge in [-0.05, 0) is 12.1 Å². The minimum Gasteiger partial charge on any atom is -0.398 e. The van der Waals surface area contributed by atoms with Crippen LogP contribution in [0.15, 0.2) is 29.2 Å². The summed E-state index contributed by atoms with van der Waals surface area (Å²) < 4.78 is 30.7. The van der Waals surface area contributed by atoms with Gasteiger partial charge in [-0.2, -0.15) is 4.31 Å². The van der Waals surface area contributed by atoms with Crippen molar-refractivity contribution >= 4 is 15.7 Å². The molecule has 0 unspecified atom stereocenters. The molecule has 1 aromatic rings. The second-order valence-corrected chi connectivity index (χ2v) is 5.56. The first kappa shape index (κ1) is 14.9. The number of methoxy groups -OCH3 is 1. The minimum absolute atomic E-state index is 0.0139. The Labute approximate surface area is 107 Å². The highest BCUT2D eigenvalue weighted by atomic mass is 32.2. The number of hydrogen-bond donors (Lipinski definition) is 2. The number of anilines is 1. The summed E-state index contributed by atoms with van der Waals surface area (Å²) in [5, 5.41) is 8.94. The average Bonchev–Trinajstić information content (AvgIpc) is 2.34. The SMILES string of the molecule is COCCN(CCO)S(=O)(=O)c1ccccc1N. The molecule has 0 heterocycles. The molecule has 0 aliphatic heterocycles. The van der Waals surface area contributed by atoms with Crippen molar-refractivity contribution in [3.05, 3.63) is 24.3 Å². The summed E-state index contributed by atoms with van der Waals surface area (Å²) in [5.74, 6) is 0. The summed E-state index contributed by atoms with van der Waals surface area (Å²) in [6, 6.07) is 6.25. The van der Waals surface area contributed by atoms with Crippen molar-refractivity contribution in [2.45, 2.75) is 4.90 Å². The maximum Gasteiger partial charge on any atom is 0.245 e. The molecule has 0 radical (unpaired) electrons. The highest BCUT2D eigenvalue weighted by Crippen LogP contribution is 2.21. The fourth-order valence-electron chi connectivity index (χ4n) is 1.51. The number of ether oxygens (including phenoxy) is 1. The van der Waals surface area contributed by atoms with Gasteiger partial charge in [0.25, 0.3) is 0 Å². The molecule has 0 saturated carbocycles. The van der Waals surface area contributed by atoms with Gasteiger partial charge in [0.1, 0.15) is 4.90 Å². The highest BCUT2D eigenvalue weighted by molar-refractivity contribution is 7.89. The van der Waals surface area contributed by atoms with Crippen LogP contribution >= 0.6 is 0 Å². The predicted molar refractivity (Wildman–Crippen MR) is 68.6 cm³/mol. The number of nitrogens with zero attached hydrogens (tertiary/aromatic N) is 1. The van der Waals surface area contributed by atoms with Gasteiger partial charge in [-0.3, -0.25) is 0 Å². The van der Waals surface area contributed by atoms with E-state index in [1.807, 2.05) is 0 Å². The monoisotopic (exact) mass is 274 g/mol. The van der Waals surface area contributed by atoms with Crippen LogP contribution in [0.25, 0.3) is 0 Å². The lowest BCUT2D eigenvalue weighted by Crippen LogP contribution is -2.36. The van der Waals surface area contributed by atoms with Crippen LogP contribution in [0.2, 0.25) is 0 Å². The maximum atomic E-state index is 12.3. The molecule has 18 heavy (non-hydrogen) atoms. The van der Waals surface area contributed by atoms with Gasteiger partial charge < -0.3 is 15.6 Å². The molecule has 1 aromatic carbocycles. The van der Waals surface area contributed by atoms with Crippen molar-refractivity contribution in [3.63, 3.8) is 0 Å². The van der Waals surface area contributed by atoms with Crippen molar-refractivity contribution in [2.75, 3.05) is 39.1 Å². The first-order valence-corrected chi connectivity index (χ1v) is 6.92. The quantitative estimate of drug-likeness (QED) is 0.677. The molecule has 1 rings (SSSR count). The molecule has 0 spiro atoms. The molecule has 0 amide bonds. The van der Waals surface area contributed by atoms with Crippen molar-refractivity contribution in [2.24, 2.45) is 0 Å². The fraction of sp³-hybridized carbons (Fsp3) is 0.455. The summed E-state index contributed by atoms with van der Waals surface area (Å²) >= 11 is 0. The third kappa shape index (κ3) is 3.42. The van der Waals surface area contributed by atoms with E-state index in [-0.39, 0.29) is 36.9 Å². The van der Waals surface area contributed by atoms with Crippen LogP contribution in [-0.2, 0) is 14.8 Å². The Balaban J connectivity index is 3.05. The summed E-state index contributed by atoms with van der Waals surface area (Å²) in [6.45, 7) is 0.190. The third-order valence-electron chi connectivity index (χ3n) is 2.43. The molecular formula is C11H18N2O4S. The van der Waals surface area contributed by atoms with Gasteiger partial charge >= 0.3 is 0 Å². The second-order valence-electron chi connectivity index (χ2n) is 3.66. The molecule has 0 fully saturated rings. The predicted octanol–water partition coefficient (Wildman–Crippen LogP) is -0.102. The van der Waals surface area contributed by atoms with E-state index in [9.17, 15) is 8.42 Å².